The molecule has 0 fully saturated rings. The molecule has 0 aliphatic carbocycles. The number of phenolic OH excluding ortho intramolecular Hbond substituents is 2. The number of hydrogen-bond acceptors (Lipinski definition) is 10. The Balaban J connectivity index is 0.000000172. The number of nitrogens with zero attached hydrogens (tertiary/aromatic N) is 14. The van der Waals surface area contributed by atoms with Gasteiger partial charge in [-0.15, -0.1) is 55.9 Å². The maximum absolute atomic E-state index is 10.5. The van der Waals surface area contributed by atoms with Crippen molar-refractivity contribution in [3.63, 3.8) is 0 Å². The second-order valence-electron chi connectivity index (χ2n) is 36.1. The first-order valence-corrected chi connectivity index (χ1v) is 45.5. The van der Waals surface area contributed by atoms with Crippen molar-refractivity contribution in [2.75, 3.05) is 0 Å². The smallest absolute Gasteiger partial charge is 0.659 e. The fourth-order valence-electron chi connectivity index (χ4n) is 17.1. The molecule has 4 aromatic carbocycles. The summed E-state index contributed by atoms with van der Waals surface area (Å²) in [5.41, 5.74) is 41.9. The predicted octanol–water partition coefficient (Wildman–Crippen LogP) is 23.9. The van der Waals surface area contributed by atoms with Crippen molar-refractivity contribution in [3.05, 3.63) is 364 Å². The summed E-state index contributed by atoms with van der Waals surface area (Å²) in [7, 11) is 0. The molecule has 0 amide bonds. The van der Waals surface area contributed by atoms with E-state index in [4.69, 9.17) is 64.8 Å². The molecule has 17 aromatic rings. The zero-order valence-electron chi connectivity index (χ0n) is 80.7. The molecule has 20 heteroatoms. The molecule has 0 spiro atoms. The number of para-hydroxylation sites is 4. The van der Waals surface area contributed by atoms with Crippen LogP contribution in [0.25, 0.3) is 119 Å². The number of pyridine rings is 7. The first-order valence-electron chi connectivity index (χ1n) is 45.5. The summed E-state index contributed by atoms with van der Waals surface area (Å²) >= 11 is 0. The Morgan fingerprint density at radius 1 is 0.326 bits per heavy atom. The number of aromatic hydroxyl groups is 2. The number of fused-ring (bicyclic) bond motifs is 2. The fourth-order valence-corrected chi connectivity index (χ4v) is 17.1. The van der Waals surface area contributed by atoms with Gasteiger partial charge in [-0.2, -0.15) is 11.4 Å². The van der Waals surface area contributed by atoms with Crippen molar-refractivity contribution in [1.82, 2.24) is 64.8 Å². The molecular weight excluding hydrogens is 2390 g/mol. The van der Waals surface area contributed by atoms with Crippen LogP contribution >= 0.6 is 0 Å². The number of aryl methyl sites for hydroxylation is 4. The first kappa shape index (κ1) is 104. The Morgan fingerprint density at radius 3 is 1.04 bits per heavy atom. The van der Waals surface area contributed by atoms with Crippen LogP contribution in [-0.4, -0.2) is 50.8 Å². The third kappa shape index (κ3) is 23.2. The maximum atomic E-state index is 10.5. The van der Waals surface area contributed by atoms with Gasteiger partial charge < -0.3 is 40.1 Å². The van der Waals surface area contributed by atoms with Gasteiger partial charge in [-0.25, -0.2) is 9.97 Å². The summed E-state index contributed by atoms with van der Waals surface area (Å²) in [6, 6.07) is 69.7. The Hall–Kier alpha value is -11.6. The number of allylic oxidation sites excluding steroid dienone is 2. The van der Waals surface area contributed by atoms with Crippen molar-refractivity contribution in [2.45, 2.75) is 195 Å². The zero-order chi connectivity index (χ0) is 92.9. The van der Waals surface area contributed by atoms with Gasteiger partial charge in [0, 0.05) is 102 Å². The maximum Gasteiger partial charge on any atom is 2.00 e. The SMILES string of the molecule is CC(C)(C)c1cc(-c2cc(C(C)(C)C)cc(-c3ccccc3O)n2)nc(-c2ccccc2O)c1.CCc1c(C=C2N=C(C)C(C)=C2C)[n-]c(C=c2[n-]c(=Cc3ccccn3)c(CC)c2CC)c1CC.Cc1[n-]c(-c2cccc(Cc3cccc(-c4[n-]c(C)c(C)c4C)n3)n2)c(C)c1C.Cc1c(-c2cccc(Cc3cccc(-c4[n-]c5ccccc5c4C)n3)n2)[n-]c2ccccc12.[Pt+2].[Pt+2].[Pt+2].[Pt]. The number of aliphatic imine (C=N–C) groups is 1. The van der Waals surface area contributed by atoms with E-state index in [-0.39, 0.29) is 107 Å². The fraction of sp³-hybridized carbons (Fsp3) is 0.252. The number of benzene rings is 4. The van der Waals surface area contributed by atoms with Gasteiger partial charge in [0.15, 0.2) is 0 Å². The van der Waals surface area contributed by atoms with Crippen molar-refractivity contribution in [1.29, 1.82) is 0 Å². The number of phenols is 2. The van der Waals surface area contributed by atoms with Crippen LogP contribution in [0.4, 0.5) is 0 Å². The van der Waals surface area contributed by atoms with Crippen molar-refractivity contribution in [3.8, 4) is 91.0 Å². The molecule has 0 radical (unpaired) electrons. The van der Waals surface area contributed by atoms with Crippen molar-refractivity contribution >= 4 is 45.7 Å². The molecule has 14 heterocycles. The quantitative estimate of drug-likeness (QED) is 0.0814. The standard InChI is InChI=1S/C31H36N4.C30H32N2O2.C29H22N4.C25H26N4.4Pt/c1-8-23-24(9-2)30(34-28(23)16-22-14-12-13-15-32-22)18-31-26(11-4)25(10-3)29(35-31)17-27-20(6)19(5)21(7)33-27;1-29(2,3)19-15-23(21-11-7-9-13-27(21)33)31-25(17-19)26-18-20(30(4,5)6)16-24(32-26)22-12-8-10-14-28(22)34;1-18-22-11-3-5-13-24(22)32-28(18)26-15-7-9-20(30-26)17-21-10-8-16-27(31-21)29-19(2)23-12-4-6-14-25(23)33-29;1-14-16(3)24(26-18(14)5)22-11-7-9-20(28-22)13-21-10-8-12-23(29-21)25-17(4)15(2)19(6)27-25;;;;/h12-18H,8-11H2,1-7H3;7-18,33-34H,1-6H3;3-16H,17H2,1-2H3;7-12H,13H2,1-6H3;;;;/q-2;;2*-2;;3*+2. The average Bonchev–Trinajstić information content (AvgIpc) is 1.47. The monoisotopic (exact) mass is 2500 g/mol. The molecule has 0 saturated carbocycles. The number of aromatic nitrogens is 13. The third-order valence-corrected chi connectivity index (χ3v) is 25.4. The topological polar surface area (TPSA) is 228 Å². The molecule has 2 N–H and O–H groups in total. The third-order valence-electron chi connectivity index (χ3n) is 25.4. The zero-order valence-corrected chi connectivity index (χ0v) is 89.8. The summed E-state index contributed by atoms with van der Waals surface area (Å²) in [6.07, 6.45) is 13.4. The van der Waals surface area contributed by atoms with Crippen LogP contribution in [-0.2, 0) is 134 Å². The Bertz CT molecular complexity index is 7040. The molecule has 1 aliphatic heterocycles. The van der Waals surface area contributed by atoms with Crippen LogP contribution in [0.5, 0.6) is 11.5 Å². The van der Waals surface area contributed by atoms with Gasteiger partial charge in [0.05, 0.1) is 34.2 Å². The number of hydrogen-bond donors (Lipinski definition) is 2. The molecule has 13 aromatic heterocycles. The minimum Gasteiger partial charge on any atom is -0.659 e. The molecule has 0 bridgehead atoms. The van der Waals surface area contributed by atoms with Crippen LogP contribution in [0, 0.1) is 55.4 Å². The largest absolute Gasteiger partial charge is 2.00 e. The molecule has 18 rings (SSSR count). The molecule has 0 saturated heterocycles. The van der Waals surface area contributed by atoms with Crippen LogP contribution in [0.1, 0.15) is 208 Å². The molecule has 135 heavy (non-hydrogen) atoms. The van der Waals surface area contributed by atoms with Crippen LogP contribution in [0.15, 0.2) is 240 Å². The summed E-state index contributed by atoms with van der Waals surface area (Å²) in [6.45, 7) is 45.0. The van der Waals surface area contributed by atoms with Gasteiger partial charge in [0.1, 0.15) is 11.5 Å². The van der Waals surface area contributed by atoms with E-state index in [9.17, 15) is 10.2 Å². The normalized spacial score (nSPS) is 12.5. The second kappa shape index (κ2) is 44.9. The van der Waals surface area contributed by atoms with Crippen LogP contribution in [0.3, 0.4) is 0 Å². The van der Waals surface area contributed by atoms with E-state index in [1.165, 1.54) is 77.6 Å². The van der Waals surface area contributed by atoms with Crippen molar-refractivity contribution in [2.24, 2.45) is 4.99 Å². The van der Waals surface area contributed by atoms with E-state index in [0.717, 1.165) is 178 Å². The van der Waals surface area contributed by atoms with E-state index >= 15 is 0 Å². The molecule has 698 valence electrons. The van der Waals surface area contributed by atoms with Gasteiger partial charge in [0.2, 0.25) is 0 Å². The van der Waals surface area contributed by atoms with Crippen LogP contribution in [0.2, 0.25) is 0 Å². The molecule has 16 nitrogen and oxygen atoms in total. The van der Waals surface area contributed by atoms with E-state index in [0.29, 0.717) is 35.4 Å². The van der Waals surface area contributed by atoms with Gasteiger partial charge in [-0.3, -0.25) is 29.9 Å². The summed E-state index contributed by atoms with van der Waals surface area (Å²) in [4.78, 5) is 68.1. The van der Waals surface area contributed by atoms with Gasteiger partial charge >= 0.3 is 63.2 Å². The summed E-state index contributed by atoms with van der Waals surface area (Å²) < 4.78 is 0. The molecular formula is C115H116N14O2Pt4. The van der Waals surface area contributed by atoms with E-state index < -0.39 is 0 Å². The van der Waals surface area contributed by atoms with Gasteiger partial charge in [0.25, 0.3) is 0 Å². The minimum atomic E-state index is -0.126. The average molecular weight is 2510 g/mol. The summed E-state index contributed by atoms with van der Waals surface area (Å²) in [5, 5.41) is 25.4. The molecule has 0 atom stereocenters. The van der Waals surface area contributed by atoms with Gasteiger partial charge in [-0.1, -0.05) is 260 Å². The Labute approximate surface area is 852 Å². The second-order valence-corrected chi connectivity index (χ2v) is 36.1. The Morgan fingerprint density at radius 2 is 0.689 bits per heavy atom. The first-order chi connectivity index (χ1) is 62.9. The van der Waals surface area contributed by atoms with Gasteiger partial charge in [-0.05, 0) is 241 Å². The van der Waals surface area contributed by atoms with Crippen molar-refractivity contribution < 1.29 is 94.5 Å². The van der Waals surface area contributed by atoms with E-state index in [1.807, 2.05) is 123 Å². The Kier molecular flexibility index (Phi) is 34.5. The minimum absolute atomic E-state index is 0. The van der Waals surface area contributed by atoms with Crippen LogP contribution < -0.4 is 40.6 Å². The summed E-state index contributed by atoms with van der Waals surface area (Å²) in [5.74, 6) is 0.386. The molecule has 0 unspecified atom stereocenters. The van der Waals surface area contributed by atoms with E-state index in [1.54, 1.807) is 24.3 Å². The number of rotatable bonds is 18. The predicted molar refractivity (Wildman–Crippen MR) is 537 cm³/mol. The molecule has 1 aliphatic rings. The van der Waals surface area contributed by atoms with E-state index in [2.05, 4.69) is 240 Å².